The molecule has 25 heavy (non-hydrogen) atoms. The molecule has 2 saturated heterocycles. The lowest BCUT2D eigenvalue weighted by molar-refractivity contribution is -0.116. The second-order valence-corrected chi connectivity index (χ2v) is 8.94. The minimum atomic E-state index is -0.340. The van der Waals surface area contributed by atoms with Crippen LogP contribution in [0.2, 0.25) is 0 Å². The fourth-order valence-electron chi connectivity index (χ4n) is 3.35. The van der Waals surface area contributed by atoms with Crippen LogP contribution in [-0.4, -0.2) is 46.1 Å². The highest BCUT2D eigenvalue weighted by molar-refractivity contribution is 8.02. The van der Waals surface area contributed by atoms with Crippen molar-refractivity contribution in [2.45, 2.75) is 44.0 Å². The van der Waals surface area contributed by atoms with Crippen molar-refractivity contribution in [3.05, 3.63) is 30.1 Å². The minimum Gasteiger partial charge on any atom is -0.333 e. The molecule has 1 N–H and O–H groups in total. The molecule has 0 bridgehead atoms. The number of rotatable bonds is 1. The molecule has 136 valence electrons. The third kappa shape index (κ3) is 3.76. The lowest BCUT2D eigenvalue weighted by Gasteiger charge is -2.44. The number of carbonyl (C=O) groups is 2. The van der Waals surface area contributed by atoms with Crippen LogP contribution in [0.15, 0.2) is 24.3 Å². The van der Waals surface area contributed by atoms with Gasteiger partial charge in [-0.05, 0) is 57.9 Å². The predicted octanol–water partition coefficient (Wildman–Crippen LogP) is 3.21. The maximum Gasteiger partial charge on any atom is 0.317 e. The highest BCUT2D eigenvalue weighted by Gasteiger charge is 2.49. The Labute approximate surface area is 151 Å². The number of benzene rings is 1. The Hall–Kier alpha value is -1.76. The van der Waals surface area contributed by atoms with E-state index in [1.807, 2.05) is 25.7 Å². The number of hydrogen-bond donors (Lipinski definition) is 1. The molecule has 5 nitrogen and oxygen atoms in total. The molecule has 0 unspecified atom stereocenters. The first-order chi connectivity index (χ1) is 11.7. The third-order valence-electron chi connectivity index (χ3n) is 4.52. The first-order valence-electron chi connectivity index (χ1n) is 8.50. The Morgan fingerprint density at radius 3 is 2.36 bits per heavy atom. The molecule has 1 aromatic carbocycles. The molecule has 3 amide bonds. The number of likely N-dealkylation sites (tertiary alicyclic amines) is 1. The number of thioether (sulfide) groups is 1. The molecule has 2 fully saturated rings. The van der Waals surface area contributed by atoms with Gasteiger partial charge in [0.05, 0.1) is 10.6 Å². The first kappa shape index (κ1) is 18.0. The van der Waals surface area contributed by atoms with E-state index in [0.29, 0.717) is 31.7 Å². The van der Waals surface area contributed by atoms with Crippen LogP contribution in [0.25, 0.3) is 0 Å². The number of halogens is 1. The Kier molecular flexibility index (Phi) is 4.70. The molecule has 0 aliphatic carbocycles. The van der Waals surface area contributed by atoms with Crippen molar-refractivity contribution >= 4 is 29.4 Å². The SMILES string of the molecule is CC(C)(C)NC(=O)N1CCC2(CC1)SCC(=O)N2c1ccc(F)cc1. The summed E-state index contributed by atoms with van der Waals surface area (Å²) in [6.07, 6.45) is 1.41. The van der Waals surface area contributed by atoms with E-state index < -0.39 is 0 Å². The number of urea groups is 1. The van der Waals surface area contributed by atoms with Crippen molar-refractivity contribution in [3.63, 3.8) is 0 Å². The average Bonchev–Trinajstić information content (AvgIpc) is 2.84. The van der Waals surface area contributed by atoms with Crippen LogP contribution in [0.5, 0.6) is 0 Å². The highest BCUT2D eigenvalue weighted by Crippen LogP contribution is 2.46. The lowest BCUT2D eigenvalue weighted by atomic mass is 10.0. The van der Waals surface area contributed by atoms with Gasteiger partial charge in [-0.1, -0.05) is 0 Å². The van der Waals surface area contributed by atoms with E-state index >= 15 is 0 Å². The quantitative estimate of drug-likeness (QED) is 0.831. The molecule has 0 radical (unpaired) electrons. The van der Waals surface area contributed by atoms with Gasteiger partial charge in [0.2, 0.25) is 5.91 Å². The topological polar surface area (TPSA) is 52.7 Å². The summed E-state index contributed by atoms with van der Waals surface area (Å²) in [4.78, 5) is 28.1. The second kappa shape index (κ2) is 6.52. The fraction of sp³-hybridized carbons (Fsp3) is 0.556. The minimum absolute atomic E-state index is 0.0456. The second-order valence-electron chi connectivity index (χ2n) is 7.61. The summed E-state index contributed by atoms with van der Waals surface area (Å²) in [6.45, 7) is 7.06. The molecule has 7 heteroatoms. The van der Waals surface area contributed by atoms with E-state index in [1.54, 1.807) is 28.8 Å². The summed E-state index contributed by atoms with van der Waals surface area (Å²) in [5.74, 6) is 0.154. The van der Waals surface area contributed by atoms with Gasteiger partial charge in [0.25, 0.3) is 0 Å². The van der Waals surface area contributed by atoms with E-state index in [4.69, 9.17) is 0 Å². The molecule has 2 heterocycles. The molecule has 0 atom stereocenters. The van der Waals surface area contributed by atoms with Crippen molar-refractivity contribution in [1.82, 2.24) is 10.2 Å². The zero-order valence-electron chi connectivity index (χ0n) is 14.8. The molecular formula is C18H24FN3O2S. The van der Waals surface area contributed by atoms with Gasteiger partial charge in [0, 0.05) is 24.3 Å². The van der Waals surface area contributed by atoms with Crippen molar-refractivity contribution in [3.8, 4) is 0 Å². The van der Waals surface area contributed by atoms with Crippen LogP contribution < -0.4 is 10.2 Å². The van der Waals surface area contributed by atoms with Crippen LogP contribution in [0.3, 0.4) is 0 Å². The summed E-state index contributed by atoms with van der Waals surface area (Å²) in [5.41, 5.74) is 0.453. The Morgan fingerprint density at radius 2 is 1.80 bits per heavy atom. The van der Waals surface area contributed by atoms with Gasteiger partial charge in [-0.3, -0.25) is 9.69 Å². The summed E-state index contributed by atoms with van der Waals surface area (Å²) in [6, 6.07) is 6.00. The monoisotopic (exact) mass is 365 g/mol. The molecule has 0 saturated carbocycles. The van der Waals surface area contributed by atoms with Crippen LogP contribution >= 0.6 is 11.8 Å². The number of amides is 3. The number of hydrogen-bond acceptors (Lipinski definition) is 3. The Bertz CT molecular complexity index is 664. The van der Waals surface area contributed by atoms with Gasteiger partial charge >= 0.3 is 6.03 Å². The molecule has 1 aromatic rings. The van der Waals surface area contributed by atoms with Crippen molar-refractivity contribution in [2.75, 3.05) is 23.7 Å². The van der Waals surface area contributed by atoms with Gasteiger partial charge < -0.3 is 10.2 Å². The fourth-order valence-corrected chi connectivity index (χ4v) is 4.68. The Balaban J connectivity index is 1.73. The van der Waals surface area contributed by atoms with Gasteiger partial charge in [-0.25, -0.2) is 9.18 Å². The number of piperidine rings is 1. The van der Waals surface area contributed by atoms with Crippen LogP contribution in [0, 0.1) is 5.82 Å². The van der Waals surface area contributed by atoms with Gasteiger partial charge in [-0.15, -0.1) is 11.8 Å². The molecular weight excluding hydrogens is 341 g/mol. The summed E-state index contributed by atoms with van der Waals surface area (Å²) in [7, 11) is 0. The molecule has 0 aromatic heterocycles. The lowest BCUT2D eigenvalue weighted by Crippen LogP contribution is -2.56. The predicted molar refractivity (Wildman–Crippen MR) is 98.2 cm³/mol. The van der Waals surface area contributed by atoms with Gasteiger partial charge in [0.1, 0.15) is 5.82 Å². The van der Waals surface area contributed by atoms with Gasteiger partial charge in [0.15, 0.2) is 0 Å². The van der Waals surface area contributed by atoms with Crippen LogP contribution in [0.1, 0.15) is 33.6 Å². The number of nitrogens with zero attached hydrogens (tertiary/aromatic N) is 2. The molecule has 1 spiro atoms. The normalized spacial score (nSPS) is 20.2. The average molecular weight is 365 g/mol. The molecule has 3 rings (SSSR count). The first-order valence-corrected chi connectivity index (χ1v) is 9.48. The van der Waals surface area contributed by atoms with E-state index in [0.717, 1.165) is 5.69 Å². The van der Waals surface area contributed by atoms with Crippen LogP contribution in [0.4, 0.5) is 14.9 Å². The largest absolute Gasteiger partial charge is 0.333 e. The molecule has 2 aliphatic heterocycles. The van der Waals surface area contributed by atoms with Crippen molar-refractivity contribution in [1.29, 1.82) is 0 Å². The smallest absolute Gasteiger partial charge is 0.317 e. The number of anilines is 1. The van der Waals surface area contributed by atoms with Crippen molar-refractivity contribution < 1.29 is 14.0 Å². The third-order valence-corrected chi connectivity index (χ3v) is 6.04. The zero-order valence-corrected chi connectivity index (χ0v) is 15.7. The van der Waals surface area contributed by atoms with Crippen molar-refractivity contribution in [2.24, 2.45) is 0 Å². The summed E-state index contributed by atoms with van der Waals surface area (Å²) >= 11 is 1.63. The van der Waals surface area contributed by atoms with E-state index in [-0.39, 0.29) is 28.2 Å². The van der Waals surface area contributed by atoms with E-state index in [9.17, 15) is 14.0 Å². The van der Waals surface area contributed by atoms with Gasteiger partial charge in [-0.2, -0.15) is 0 Å². The Morgan fingerprint density at radius 1 is 1.20 bits per heavy atom. The summed E-state index contributed by atoms with van der Waals surface area (Å²) in [5, 5.41) is 2.98. The van der Waals surface area contributed by atoms with E-state index in [1.165, 1.54) is 12.1 Å². The maximum atomic E-state index is 13.2. The highest BCUT2D eigenvalue weighted by atomic mass is 32.2. The summed E-state index contributed by atoms with van der Waals surface area (Å²) < 4.78 is 13.2. The van der Waals surface area contributed by atoms with E-state index in [2.05, 4.69) is 5.32 Å². The maximum absolute atomic E-state index is 13.2. The number of carbonyl (C=O) groups excluding carboxylic acids is 2. The number of nitrogens with one attached hydrogen (secondary N) is 1. The standard InChI is InChI=1S/C18H24FN3O2S/c1-17(2,3)20-16(24)21-10-8-18(9-11-21)22(15(23)12-25-18)14-6-4-13(19)5-7-14/h4-7H,8-12H2,1-3H3,(H,20,24). The molecule has 2 aliphatic rings. The van der Waals surface area contributed by atoms with Crippen LogP contribution in [-0.2, 0) is 4.79 Å². The zero-order chi connectivity index (χ0) is 18.2.